The van der Waals surface area contributed by atoms with Gasteiger partial charge in [-0.05, 0) is 42.0 Å². The second kappa shape index (κ2) is 8.12. The second-order valence-electron chi connectivity index (χ2n) is 8.40. The van der Waals surface area contributed by atoms with Crippen LogP contribution in [0.15, 0.2) is 66.7 Å². The zero-order valence-electron chi connectivity index (χ0n) is 17.9. The molecule has 7 heteroatoms. The highest BCUT2D eigenvalue weighted by molar-refractivity contribution is 6.30. The number of halogens is 1. The number of hydrogen-bond acceptors (Lipinski definition) is 4. The van der Waals surface area contributed by atoms with Crippen LogP contribution < -0.4 is 14.4 Å². The maximum absolute atomic E-state index is 13.1. The predicted octanol–water partition coefficient (Wildman–Crippen LogP) is 5.03. The minimum Gasteiger partial charge on any atom is -0.486 e. The third-order valence-electron chi connectivity index (χ3n) is 6.27. The van der Waals surface area contributed by atoms with Crippen LogP contribution in [0.1, 0.15) is 23.7 Å². The maximum Gasteiger partial charge on any atom is 0.227 e. The van der Waals surface area contributed by atoms with E-state index in [-0.39, 0.29) is 11.8 Å². The van der Waals surface area contributed by atoms with Gasteiger partial charge in [0.1, 0.15) is 19.0 Å². The van der Waals surface area contributed by atoms with E-state index in [1.54, 1.807) is 0 Å². The molecule has 2 aliphatic heterocycles. The molecule has 1 fully saturated rings. The summed E-state index contributed by atoms with van der Waals surface area (Å²) in [4.78, 5) is 19.8. The first-order chi connectivity index (χ1) is 16.2. The molecule has 1 atom stereocenters. The Morgan fingerprint density at radius 2 is 1.76 bits per heavy atom. The third kappa shape index (κ3) is 3.70. The summed E-state index contributed by atoms with van der Waals surface area (Å²) >= 11 is 6.08. The van der Waals surface area contributed by atoms with Crippen LogP contribution in [0, 0.1) is 0 Å². The fraction of sp³-hybridized carbons (Fsp3) is 0.231. The number of rotatable bonds is 4. The Kier molecular flexibility index (Phi) is 4.95. The Balaban J connectivity index is 1.34. The number of aromatic nitrogens is 2. The van der Waals surface area contributed by atoms with Crippen LogP contribution in [-0.2, 0) is 11.3 Å². The van der Waals surface area contributed by atoms with Crippen molar-refractivity contribution in [2.45, 2.75) is 18.9 Å². The van der Waals surface area contributed by atoms with E-state index in [4.69, 9.17) is 26.1 Å². The first-order valence-electron chi connectivity index (χ1n) is 11.1. The molecular formula is C26H22ClN3O3. The van der Waals surface area contributed by atoms with Gasteiger partial charge in [0.2, 0.25) is 5.91 Å². The van der Waals surface area contributed by atoms with E-state index in [2.05, 4.69) is 10.6 Å². The molecule has 1 unspecified atom stereocenters. The number of hydrogen-bond donors (Lipinski definition) is 0. The van der Waals surface area contributed by atoms with Crippen LogP contribution in [0.3, 0.4) is 0 Å². The normalized spacial score (nSPS) is 17.7. The number of amides is 1. The number of para-hydroxylation sites is 2. The lowest BCUT2D eigenvalue weighted by molar-refractivity contribution is -0.117. The number of carbonyl (C=O) groups excluding carboxylic acids is 1. The molecule has 0 aliphatic carbocycles. The van der Waals surface area contributed by atoms with Crippen LogP contribution in [0.2, 0.25) is 5.02 Å². The highest BCUT2D eigenvalue weighted by atomic mass is 35.5. The molecule has 1 amide bonds. The zero-order valence-corrected chi connectivity index (χ0v) is 18.7. The maximum atomic E-state index is 13.1. The van der Waals surface area contributed by atoms with Gasteiger partial charge in [0.05, 0.1) is 11.0 Å². The summed E-state index contributed by atoms with van der Waals surface area (Å²) < 4.78 is 13.6. The average molecular weight is 460 g/mol. The van der Waals surface area contributed by atoms with E-state index >= 15 is 0 Å². The van der Waals surface area contributed by atoms with Crippen LogP contribution >= 0.6 is 11.6 Å². The van der Waals surface area contributed by atoms with Crippen molar-refractivity contribution in [3.05, 3.63) is 83.1 Å². The first-order valence-corrected chi connectivity index (χ1v) is 11.4. The molecule has 3 aromatic carbocycles. The van der Waals surface area contributed by atoms with E-state index in [0.29, 0.717) is 43.5 Å². The summed E-state index contributed by atoms with van der Waals surface area (Å²) in [7, 11) is 0. The fourth-order valence-electron chi connectivity index (χ4n) is 4.67. The van der Waals surface area contributed by atoms with Crippen molar-refractivity contribution in [3.8, 4) is 11.5 Å². The first kappa shape index (κ1) is 20.1. The summed E-state index contributed by atoms with van der Waals surface area (Å²) in [6.45, 7) is 2.30. The molecule has 33 heavy (non-hydrogen) atoms. The van der Waals surface area contributed by atoms with Crippen molar-refractivity contribution in [1.82, 2.24) is 9.55 Å². The monoisotopic (exact) mass is 459 g/mol. The summed E-state index contributed by atoms with van der Waals surface area (Å²) in [5.41, 5.74) is 3.96. The molecule has 4 aromatic rings. The fourth-order valence-corrected chi connectivity index (χ4v) is 4.80. The topological polar surface area (TPSA) is 56.6 Å². The molecule has 2 aliphatic rings. The SMILES string of the molecule is O=C1CC(c2nc3ccccc3n2Cc2ccc(Cl)cc2)CN1c1ccc2c(c1)OCCO2. The highest BCUT2D eigenvalue weighted by Gasteiger charge is 2.35. The third-order valence-corrected chi connectivity index (χ3v) is 6.52. The minimum absolute atomic E-state index is 0.00889. The number of imidazole rings is 1. The quantitative estimate of drug-likeness (QED) is 0.429. The number of carbonyl (C=O) groups is 1. The Hall–Kier alpha value is -3.51. The molecule has 0 bridgehead atoms. The molecule has 6 rings (SSSR count). The zero-order chi connectivity index (χ0) is 22.4. The van der Waals surface area contributed by atoms with Crippen molar-refractivity contribution in [2.75, 3.05) is 24.7 Å². The molecule has 1 saturated heterocycles. The Morgan fingerprint density at radius 1 is 0.970 bits per heavy atom. The van der Waals surface area contributed by atoms with Gasteiger partial charge in [-0.3, -0.25) is 4.79 Å². The van der Waals surface area contributed by atoms with E-state index in [9.17, 15) is 4.79 Å². The Morgan fingerprint density at radius 3 is 2.61 bits per heavy atom. The van der Waals surface area contributed by atoms with E-state index < -0.39 is 0 Å². The van der Waals surface area contributed by atoms with Crippen LogP contribution in [-0.4, -0.2) is 35.2 Å². The van der Waals surface area contributed by atoms with Gasteiger partial charge in [-0.15, -0.1) is 0 Å². The molecule has 6 nitrogen and oxygen atoms in total. The van der Waals surface area contributed by atoms with E-state index in [0.717, 1.165) is 33.9 Å². The van der Waals surface area contributed by atoms with Crippen LogP contribution in [0.4, 0.5) is 5.69 Å². The lowest BCUT2D eigenvalue weighted by Gasteiger charge is -2.22. The number of fused-ring (bicyclic) bond motifs is 2. The van der Waals surface area contributed by atoms with Crippen molar-refractivity contribution in [2.24, 2.45) is 0 Å². The number of ether oxygens (including phenoxy) is 2. The van der Waals surface area contributed by atoms with Gasteiger partial charge in [0, 0.05) is 42.2 Å². The minimum atomic E-state index is -0.00889. The van der Waals surface area contributed by atoms with Gasteiger partial charge < -0.3 is 18.9 Å². The largest absolute Gasteiger partial charge is 0.486 e. The molecule has 1 aromatic heterocycles. The molecule has 0 N–H and O–H groups in total. The van der Waals surface area contributed by atoms with Gasteiger partial charge in [0.15, 0.2) is 11.5 Å². The average Bonchev–Trinajstić information content (AvgIpc) is 3.41. The second-order valence-corrected chi connectivity index (χ2v) is 8.84. The number of anilines is 1. The smallest absolute Gasteiger partial charge is 0.227 e. The summed E-state index contributed by atoms with van der Waals surface area (Å²) in [5.74, 6) is 2.41. The summed E-state index contributed by atoms with van der Waals surface area (Å²) in [5, 5.41) is 0.714. The van der Waals surface area contributed by atoms with Crippen molar-refractivity contribution < 1.29 is 14.3 Å². The number of nitrogens with zero attached hydrogens (tertiary/aromatic N) is 3. The predicted molar refractivity (Wildman–Crippen MR) is 127 cm³/mol. The van der Waals surface area contributed by atoms with Crippen LogP contribution in [0.5, 0.6) is 11.5 Å². The summed E-state index contributed by atoms with van der Waals surface area (Å²) in [6, 6.07) is 21.7. The van der Waals surface area contributed by atoms with Gasteiger partial charge in [-0.1, -0.05) is 35.9 Å². The van der Waals surface area contributed by atoms with Crippen molar-refractivity contribution in [1.29, 1.82) is 0 Å². The van der Waals surface area contributed by atoms with Gasteiger partial charge in [0.25, 0.3) is 0 Å². The van der Waals surface area contributed by atoms with Crippen molar-refractivity contribution >= 4 is 34.2 Å². The summed E-state index contributed by atoms with van der Waals surface area (Å²) in [6.07, 6.45) is 0.415. The highest BCUT2D eigenvalue weighted by Crippen LogP contribution is 2.38. The molecular weight excluding hydrogens is 438 g/mol. The van der Waals surface area contributed by atoms with E-state index in [1.807, 2.05) is 65.6 Å². The lowest BCUT2D eigenvalue weighted by Crippen LogP contribution is -2.25. The molecule has 166 valence electrons. The molecule has 0 saturated carbocycles. The lowest BCUT2D eigenvalue weighted by atomic mass is 10.1. The van der Waals surface area contributed by atoms with Crippen molar-refractivity contribution in [3.63, 3.8) is 0 Å². The Bertz CT molecular complexity index is 1350. The molecule has 0 spiro atoms. The van der Waals surface area contributed by atoms with Crippen LogP contribution in [0.25, 0.3) is 11.0 Å². The van der Waals surface area contributed by atoms with Gasteiger partial charge in [-0.25, -0.2) is 4.98 Å². The van der Waals surface area contributed by atoms with E-state index in [1.165, 1.54) is 0 Å². The van der Waals surface area contributed by atoms with Gasteiger partial charge >= 0.3 is 0 Å². The Labute approximate surface area is 196 Å². The number of benzene rings is 3. The standard InChI is InChI=1S/C26H22ClN3O3/c27-19-7-5-17(6-8-19)15-30-22-4-2-1-3-21(22)28-26(30)18-13-25(31)29(16-18)20-9-10-23-24(14-20)33-12-11-32-23/h1-10,14,18H,11-13,15-16H2. The van der Waals surface area contributed by atoms with Gasteiger partial charge in [-0.2, -0.15) is 0 Å². The molecule has 0 radical (unpaired) electrons. The molecule has 3 heterocycles.